The number of aliphatic imine (C=N–C) groups is 1. The van der Waals surface area contributed by atoms with Gasteiger partial charge in [-0.25, -0.2) is 0 Å². The van der Waals surface area contributed by atoms with E-state index >= 15 is 0 Å². The molecule has 2 atom stereocenters. The molecule has 8 heteroatoms. The van der Waals surface area contributed by atoms with Crippen molar-refractivity contribution in [1.82, 2.24) is 20.4 Å². The van der Waals surface area contributed by atoms with Crippen LogP contribution in [0.3, 0.4) is 0 Å². The van der Waals surface area contributed by atoms with Gasteiger partial charge in [0.05, 0.1) is 19.2 Å². The number of piperazine rings is 1. The molecule has 0 radical (unpaired) electrons. The fraction of sp³-hybridized carbons (Fsp3) is 0.900. The number of nitrogens with zero attached hydrogens (tertiary/aromatic N) is 3. The Bertz CT molecular complexity index is 535. The maximum atomic E-state index is 12.0. The van der Waals surface area contributed by atoms with Crippen LogP contribution in [0.4, 0.5) is 0 Å². The Morgan fingerprint density at radius 1 is 1.18 bits per heavy atom. The van der Waals surface area contributed by atoms with Gasteiger partial charge in [-0.05, 0) is 32.6 Å². The number of guanidine groups is 1. The summed E-state index contributed by atoms with van der Waals surface area (Å²) in [7, 11) is 0. The van der Waals surface area contributed by atoms with E-state index in [1.54, 1.807) is 0 Å². The highest BCUT2D eigenvalue weighted by Crippen LogP contribution is 2.36. The molecular weight excluding hydrogens is 469 g/mol. The summed E-state index contributed by atoms with van der Waals surface area (Å²) in [6, 6.07) is 0.433. The van der Waals surface area contributed by atoms with Gasteiger partial charge in [0, 0.05) is 44.2 Å². The summed E-state index contributed by atoms with van der Waals surface area (Å²) in [5.74, 6) is 1.10. The van der Waals surface area contributed by atoms with E-state index in [0.29, 0.717) is 19.1 Å². The Kier molecular flexibility index (Phi) is 9.27. The lowest BCUT2D eigenvalue weighted by Gasteiger charge is -2.39. The monoisotopic (exact) mass is 507 g/mol. The first kappa shape index (κ1) is 23.7. The minimum atomic E-state index is -0.250. The van der Waals surface area contributed by atoms with Gasteiger partial charge in [-0.15, -0.1) is 24.0 Å². The lowest BCUT2D eigenvalue weighted by atomic mass is 9.73. The van der Waals surface area contributed by atoms with Crippen molar-refractivity contribution in [3.05, 3.63) is 0 Å². The number of aliphatic hydroxyl groups excluding tert-OH is 1. The molecule has 3 N–H and O–H groups in total. The summed E-state index contributed by atoms with van der Waals surface area (Å²) in [6.07, 6.45) is 6.26. The molecule has 0 aromatic carbocycles. The van der Waals surface area contributed by atoms with E-state index in [1.165, 1.54) is 6.42 Å². The number of carbonyl (C=O) groups is 1. The quantitative estimate of drug-likeness (QED) is 0.288. The first-order valence-electron chi connectivity index (χ1n) is 10.7. The number of rotatable bonds is 6. The third-order valence-electron chi connectivity index (χ3n) is 6.19. The average Bonchev–Trinajstić information content (AvgIpc) is 3.46. The summed E-state index contributed by atoms with van der Waals surface area (Å²) in [4.78, 5) is 21.4. The zero-order valence-corrected chi connectivity index (χ0v) is 19.8. The van der Waals surface area contributed by atoms with E-state index in [9.17, 15) is 9.90 Å². The summed E-state index contributed by atoms with van der Waals surface area (Å²) < 4.78 is 0. The first-order chi connectivity index (χ1) is 13.0. The number of amides is 1. The van der Waals surface area contributed by atoms with E-state index in [0.717, 1.165) is 70.8 Å². The van der Waals surface area contributed by atoms with Gasteiger partial charge < -0.3 is 20.6 Å². The van der Waals surface area contributed by atoms with Crippen LogP contribution in [-0.2, 0) is 4.79 Å². The minimum Gasteiger partial charge on any atom is -0.392 e. The largest absolute Gasteiger partial charge is 0.392 e. The highest BCUT2D eigenvalue weighted by molar-refractivity contribution is 14.0. The number of aliphatic hydroxyl groups is 1. The summed E-state index contributed by atoms with van der Waals surface area (Å²) in [6.45, 7) is 9.77. The predicted molar refractivity (Wildman–Crippen MR) is 123 cm³/mol. The molecular formula is C20H38IN5O2. The molecule has 7 nitrogen and oxygen atoms in total. The van der Waals surface area contributed by atoms with E-state index < -0.39 is 0 Å². The third kappa shape index (κ3) is 6.73. The number of hydrogen-bond acceptors (Lipinski definition) is 4. The number of halogens is 1. The van der Waals surface area contributed by atoms with Crippen LogP contribution in [0.2, 0.25) is 0 Å². The number of hydrogen-bond donors (Lipinski definition) is 3. The minimum absolute atomic E-state index is 0. The maximum Gasteiger partial charge on any atom is 0.234 e. The second-order valence-corrected chi connectivity index (χ2v) is 8.69. The van der Waals surface area contributed by atoms with E-state index in [4.69, 9.17) is 4.99 Å². The second kappa shape index (κ2) is 11.0. The number of carbonyl (C=O) groups excluding carboxylic acids is 1. The van der Waals surface area contributed by atoms with Gasteiger partial charge in [0.1, 0.15) is 0 Å². The van der Waals surface area contributed by atoms with Crippen LogP contribution in [0.25, 0.3) is 0 Å². The Balaban J connectivity index is 0.00000280. The fourth-order valence-corrected chi connectivity index (χ4v) is 4.07. The molecule has 2 aliphatic carbocycles. The van der Waals surface area contributed by atoms with Gasteiger partial charge in [-0.3, -0.25) is 14.7 Å². The summed E-state index contributed by atoms with van der Waals surface area (Å²) in [5.41, 5.74) is -0.109. The van der Waals surface area contributed by atoms with Gasteiger partial charge >= 0.3 is 0 Å². The molecule has 1 amide bonds. The second-order valence-electron chi connectivity index (χ2n) is 8.69. The van der Waals surface area contributed by atoms with Crippen LogP contribution in [0.5, 0.6) is 0 Å². The molecule has 1 saturated heterocycles. The van der Waals surface area contributed by atoms with Crippen LogP contribution in [0.15, 0.2) is 4.99 Å². The molecule has 162 valence electrons. The Morgan fingerprint density at radius 2 is 1.89 bits per heavy atom. The zero-order valence-electron chi connectivity index (χ0n) is 17.5. The fourth-order valence-electron chi connectivity index (χ4n) is 4.07. The molecule has 0 spiro atoms. The summed E-state index contributed by atoms with van der Waals surface area (Å²) in [5, 5.41) is 16.9. The molecule has 0 bridgehead atoms. The lowest BCUT2D eigenvalue weighted by Crippen LogP contribution is -2.54. The summed E-state index contributed by atoms with van der Waals surface area (Å²) >= 11 is 0. The predicted octanol–water partition coefficient (Wildman–Crippen LogP) is 1.41. The average molecular weight is 507 g/mol. The van der Waals surface area contributed by atoms with E-state index in [2.05, 4.69) is 34.3 Å². The van der Waals surface area contributed by atoms with Crippen molar-refractivity contribution in [2.45, 2.75) is 64.5 Å². The standard InChI is InChI=1S/C20H37N5O2.HI/c1-3-21-19(22-15-20(2)9-5-4-6-17(20)26)25-12-10-24(11-13-25)14-18(27)23-16-7-8-16;/h16-17,26H,3-15H2,1-2H3,(H,21,22)(H,23,27);1H. The molecule has 1 heterocycles. The first-order valence-corrected chi connectivity index (χ1v) is 10.7. The van der Waals surface area contributed by atoms with Crippen molar-refractivity contribution in [2.75, 3.05) is 45.8 Å². The van der Waals surface area contributed by atoms with Crippen molar-refractivity contribution in [3.8, 4) is 0 Å². The van der Waals surface area contributed by atoms with Gasteiger partial charge in [0.25, 0.3) is 0 Å². The van der Waals surface area contributed by atoms with E-state index in [-0.39, 0.29) is 41.4 Å². The SMILES string of the molecule is CCNC(=NCC1(C)CCCCC1O)N1CCN(CC(=O)NC2CC2)CC1.I. The molecule has 0 aromatic rings. The Hall–Kier alpha value is -0.610. The molecule has 3 fully saturated rings. The van der Waals surface area contributed by atoms with Crippen molar-refractivity contribution >= 4 is 35.8 Å². The molecule has 2 unspecified atom stereocenters. The Labute approximate surface area is 186 Å². The Morgan fingerprint density at radius 3 is 2.50 bits per heavy atom. The molecule has 3 aliphatic rings. The van der Waals surface area contributed by atoms with E-state index in [1.807, 2.05) is 0 Å². The normalized spacial score (nSPS) is 29.2. The van der Waals surface area contributed by atoms with Gasteiger partial charge in [-0.2, -0.15) is 0 Å². The third-order valence-corrected chi connectivity index (χ3v) is 6.19. The van der Waals surface area contributed by atoms with Crippen LogP contribution in [-0.4, -0.2) is 84.7 Å². The molecule has 3 rings (SSSR count). The maximum absolute atomic E-state index is 12.0. The lowest BCUT2D eigenvalue weighted by molar-refractivity contribution is -0.122. The van der Waals surface area contributed by atoms with Crippen molar-refractivity contribution in [1.29, 1.82) is 0 Å². The van der Waals surface area contributed by atoms with Crippen molar-refractivity contribution < 1.29 is 9.90 Å². The van der Waals surface area contributed by atoms with Crippen LogP contribution < -0.4 is 10.6 Å². The molecule has 1 aliphatic heterocycles. The molecule has 0 aromatic heterocycles. The van der Waals surface area contributed by atoms with Gasteiger partial charge in [-0.1, -0.05) is 19.8 Å². The smallest absolute Gasteiger partial charge is 0.234 e. The van der Waals surface area contributed by atoms with Crippen molar-refractivity contribution in [3.63, 3.8) is 0 Å². The van der Waals surface area contributed by atoms with Crippen LogP contribution in [0.1, 0.15) is 52.4 Å². The topological polar surface area (TPSA) is 80.2 Å². The highest BCUT2D eigenvalue weighted by Gasteiger charge is 2.35. The van der Waals surface area contributed by atoms with Crippen LogP contribution >= 0.6 is 24.0 Å². The molecule has 2 saturated carbocycles. The highest BCUT2D eigenvalue weighted by atomic mass is 127. The van der Waals surface area contributed by atoms with Crippen LogP contribution in [0, 0.1) is 5.41 Å². The zero-order chi connectivity index (χ0) is 19.3. The molecule has 28 heavy (non-hydrogen) atoms. The van der Waals surface area contributed by atoms with Gasteiger partial charge in [0.15, 0.2) is 5.96 Å². The van der Waals surface area contributed by atoms with Gasteiger partial charge in [0.2, 0.25) is 5.91 Å². The number of nitrogens with one attached hydrogen (secondary N) is 2. The van der Waals surface area contributed by atoms with Crippen molar-refractivity contribution in [2.24, 2.45) is 10.4 Å².